The van der Waals surface area contributed by atoms with Gasteiger partial charge in [-0.15, -0.1) is 20.4 Å². The number of ether oxygens (including phenoxy) is 2. The van der Waals surface area contributed by atoms with Gasteiger partial charge in [0, 0.05) is 12.8 Å². The SMILES string of the molecule is O=C(Nc1nnc(CCCCc2nnc(NC(=O)C3OCc4ccccc43)s2)s1)C1OCc2ccccc21. The summed E-state index contributed by atoms with van der Waals surface area (Å²) in [6.07, 6.45) is 2.02. The zero-order valence-corrected chi connectivity index (χ0v) is 21.9. The molecule has 0 saturated carbocycles. The zero-order chi connectivity index (χ0) is 25.9. The van der Waals surface area contributed by atoms with E-state index in [0.717, 1.165) is 58.0 Å². The number of carbonyl (C=O) groups excluding carboxylic acids is 2. The van der Waals surface area contributed by atoms with Crippen molar-refractivity contribution in [1.82, 2.24) is 20.4 Å². The number of carbonyl (C=O) groups is 2. The minimum absolute atomic E-state index is 0.236. The molecule has 2 aromatic heterocycles. The molecule has 0 saturated heterocycles. The number of fused-ring (bicyclic) bond motifs is 2. The molecule has 2 atom stereocenters. The Kier molecular flexibility index (Phi) is 7.18. The van der Waals surface area contributed by atoms with Crippen LogP contribution in [0.2, 0.25) is 0 Å². The van der Waals surface area contributed by atoms with Crippen molar-refractivity contribution in [3.05, 3.63) is 80.8 Å². The van der Waals surface area contributed by atoms with Crippen LogP contribution in [0.1, 0.15) is 57.3 Å². The molecule has 0 spiro atoms. The molecule has 2 unspecified atom stereocenters. The van der Waals surface area contributed by atoms with Gasteiger partial charge in [0.15, 0.2) is 12.2 Å². The number of anilines is 2. The number of aromatic nitrogens is 4. The standard InChI is InChI=1S/C26H24N6O4S2/c33-23(21-17-9-3-1-7-15(17)13-35-21)27-25-31-29-19(37-25)11-5-6-12-20-30-32-26(38-20)28-24(34)22-18-10-4-2-8-16(18)14-36-22/h1-4,7-10,21-22H,5-6,11-14H2,(H,27,31,33)(H,28,32,34). The highest BCUT2D eigenvalue weighted by Gasteiger charge is 2.31. The van der Waals surface area contributed by atoms with Crippen molar-refractivity contribution in [1.29, 1.82) is 0 Å². The van der Waals surface area contributed by atoms with Crippen molar-refractivity contribution in [3.8, 4) is 0 Å². The maximum atomic E-state index is 12.7. The van der Waals surface area contributed by atoms with E-state index in [2.05, 4.69) is 31.0 Å². The number of hydrogen-bond donors (Lipinski definition) is 2. The van der Waals surface area contributed by atoms with Gasteiger partial charge in [-0.05, 0) is 35.1 Å². The number of amides is 2. The van der Waals surface area contributed by atoms with Crippen molar-refractivity contribution in [2.75, 3.05) is 10.6 Å². The molecule has 2 N–H and O–H groups in total. The molecule has 10 nitrogen and oxygen atoms in total. The fraction of sp³-hybridized carbons (Fsp3) is 0.308. The third kappa shape index (κ3) is 5.34. The van der Waals surface area contributed by atoms with Gasteiger partial charge in [-0.1, -0.05) is 71.2 Å². The van der Waals surface area contributed by atoms with Gasteiger partial charge in [-0.2, -0.15) is 0 Å². The van der Waals surface area contributed by atoms with Crippen molar-refractivity contribution in [2.45, 2.75) is 51.1 Å². The fourth-order valence-electron chi connectivity index (χ4n) is 4.51. The molecule has 4 heterocycles. The lowest BCUT2D eigenvalue weighted by Crippen LogP contribution is -2.20. The number of aryl methyl sites for hydroxylation is 2. The molecular weight excluding hydrogens is 524 g/mol. The number of hydrogen-bond acceptors (Lipinski definition) is 10. The molecule has 0 fully saturated rings. The number of unbranched alkanes of at least 4 members (excludes halogenated alkanes) is 1. The van der Waals surface area contributed by atoms with Crippen LogP contribution in [-0.2, 0) is 45.1 Å². The Bertz CT molecular complexity index is 1360. The summed E-state index contributed by atoms with van der Waals surface area (Å²) in [6.45, 7) is 0.864. The lowest BCUT2D eigenvalue weighted by atomic mass is 10.1. The Labute approximate surface area is 226 Å². The molecule has 2 aliphatic heterocycles. The Morgan fingerprint density at radius 2 is 1.16 bits per heavy atom. The quantitative estimate of drug-likeness (QED) is 0.295. The Morgan fingerprint density at radius 1 is 0.711 bits per heavy atom. The zero-order valence-electron chi connectivity index (χ0n) is 20.3. The third-order valence-corrected chi connectivity index (χ3v) is 8.18. The largest absolute Gasteiger partial charge is 0.359 e. The van der Waals surface area contributed by atoms with Gasteiger partial charge in [0.25, 0.3) is 11.8 Å². The maximum Gasteiger partial charge on any atom is 0.259 e. The number of nitrogens with zero attached hydrogens (tertiary/aromatic N) is 4. The predicted octanol–water partition coefficient (Wildman–Crippen LogP) is 4.38. The van der Waals surface area contributed by atoms with Gasteiger partial charge in [0.2, 0.25) is 10.3 Å². The summed E-state index contributed by atoms with van der Waals surface area (Å²) in [5.41, 5.74) is 3.85. The topological polar surface area (TPSA) is 128 Å². The van der Waals surface area contributed by atoms with E-state index >= 15 is 0 Å². The summed E-state index contributed by atoms with van der Waals surface area (Å²) >= 11 is 2.74. The van der Waals surface area contributed by atoms with Crippen LogP contribution in [0, 0.1) is 0 Å². The van der Waals surface area contributed by atoms with Gasteiger partial charge in [-0.25, -0.2) is 0 Å². The van der Waals surface area contributed by atoms with Gasteiger partial charge in [-0.3, -0.25) is 20.2 Å². The fourth-order valence-corrected chi connectivity index (χ4v) is 6.08. The highest BCUT2D eigenvalue weighted by atomic mass is 32.1. The number of nitrogens with one attached hydrogen (secondary N) is 2. The van der Waals surface area contributed by atoms with Crippen LogP contribution >= 0.6 is 22.7 Å². The monoisotopic (exact) mass is 548 g/mol. The molecule has 12 heteroatoms. The summed E-state index contributed by atoms with van der Waals surface area (Å²) in [7, 11) is 0. The van der Waals surface area contributed by atoms with Crippen molar-refractivity contribution in [2.24, 2.45) is 0 Å². The van der Waals surface area contributed by atoms with E-state index < -0.39 is 12.2 Å². The second kappa shape index (κ2) is 11.0. The minimum atomic E-state index is -0.623. The first-order valence-corrected chi connectivity index (χ1v) is 13.9. The maximum absolute atomic E-state index is 12.7. The third-order valence-electron chi connectivity index (χ3n) is 6.39. The minimum Gasteiger partial charge on any atom is -0.359 e. The highest BCUT2D eigenvalue weighted by Crippen LogP contribution is 2.33. The molecule has 0 bridgehead atoms. The second-order valence-electron chi connectivity index (χ2n) is 8.97. The average molecular weight is 549 g/mol. The van der Waals surface area contributed by atoms with Crippen LogP contribution in [0.3, 0.4) is 0 Å². The molecule has 2 amide bonds. The van der Waals surface area contributed by atoms with E-state index in [9.17, 15) is 9.59 Å². The Balaban J connectivity index is 0.940. The molecule has 38 heavy (non-hydrogen) atoms. The number of benzene rings is 2. The first kappa shape index (κ1) is 24.7. The smallest absolute Gasteiger partial charge is 0.259 e. The van der Waals surface area contributed by atoms with E-state index in [1.54, 1.807) is 0 Å². The van der Waals surface area contributed by atoms with Crippen molar-refractivity contribution in [3.63, 3.8) is 0 Å². The van der Waals surface area contributed by atoms with E-state index in [0.29, 0.717) is 23.5 Å². The molecule has 2 aromatic carbocycles. The van der Waals surface area contributed by atoms with Crippen molar-refractivity contribution < 1.29 is 19.1 Å². The van der Waals surface area contributed by atoms with Gasteiger partial charge in [0.05, 0.1) is 13.2 Å². The van der Waals surface area contributed by atoms with Crippen LogP contribution in [0.5, 0.6) is 0 Å². The van der Waals surface area contributed by atoms with Crippen LogP contribution < -0.4 is 10.6 Å². The predicted molar refractivity (Wildman–Crippen MR) is 142 cm³/mol. The van der Waals surface area contributed by atoms with Crippen LogP contribution in [0.4, 0.5) is 10.3 Å². The second-order valence-corrected chi connectivity index (χ2v) is 11.1. The Morgan fingerprint density at radius 3 is 1.63 bits per heavy atom. The van der Waals surface area contributed by atoms with Gasteiger partial charge in [0.1, 0.15) is 10.0 Å². The van der Waals surface area contributed by atoms with E-state index in [1.165, 1.54) is 22.7 Å². The lowest BCUT2D eigenvalue weighted by Gasteiger charge is -2.09. The molecule has 6 rings (SSSR count). The summed E-state index contributed by atoms with van der Waals surface area (Å²) in [4.78, 5) is 25.3. The van der Waals surface area contributed by atoms with Crippen LogP contribution in [0.15, 0.2) is 48.5 Å². The first-order valence-electron chi connectivity index (χ1n) is 12.3. The number of rotatable bonds is 9. The summed E-state index contributed by atoms with van der Waals surface area (Å²) < 4.78 is 11.3. The van der Waals surface area contributed by atoms with E-state index in [-0.39, 0.29) is 11.8 Å². The lowest BCUT2D eigenvalue weighted by molar-refractivity contribution is -0.127. The van der Waals surface area contributed by atoms with Crippen molar-refractivity contribution >= 4 is 44.8 Å². The first-order chi connectivity index (χ1) is 18.6. The molecule has 0 radical (unpaired) electrons. The van der Waals surface area contributed by atoms with E-state index in [1.807, 2.05) is 48.5 Å². The van der Waals surface area contributed by atoms with Gasteiger partial charge >= 0.3 is 0 Å². The van der Waals surface area contributed by atoms with E-state index in [4.69, 9.17) is 9.47 Å². The van der Waals surface area contributed by atoms with Gasteiger partial charge < -0.3 is 9.47 Å². The van der Waals surface area contributed by atoms with Crippen LogP contribution in [-0.4, -0.2) is 32.2 Å². The average Bonchev–Trinajstić information content (AvgIpc) is 3.73. The normalized spacial score (nSPS) is 17.7. The highest BCUT2D eigenvalue weighted by molar-refractivity contribution is 7.15. The molecule has 4 aromatic rings. The molecule has 0 aliphatic carbocycles. The summed E-state index contributed by atoms with van der Waals surface area (Å²) in [5, 5.41) is 24.9. The van der Waals surface area contributed by atoms with Crippen LogP contribution in [0.25, 0.3) is 0 Å². The molecule has 2 aliphatic rings. The molecular formula is C26H24N6O4S2. The summed E-state index contributed by atoms with van der Waals surface area (Å²) in [6, 6.07) is 15.4. The Hall–Kier alpha value is -3.58. The summed E-state index contributed by atoms with van der Waals surface area (Å²) in [5.74, 6) is -0.471. The molecule has 194 valence electrons.